The predicted molar refractivity (Wildman–Crippen MR) is 127 cm³/mol. The van der Waals surface area contributed by atoms with Crippen LogP contribution in [0.15, 0.2) is 59.8 Å². The number of aromatic nitrogens is 3. The number of hydrogen-bond donors (Lipinski definition) is 1. The Morgan fingerprint density at radius 3 is 2.36 bits per heavy atom. The lowest BCUT2D eigenvalue weighted by Crippen LogP contribution is -2.42. The lowest BCUT2D eigenvalue weighted by atomic mass is 10.0. The number of rotatable bonds is 10. The van der Waals surface area contributed by atoms with Crippen molar-refractivity contribution in [2.24, 2.45) is 0 Å². The second-order valence-corrected chi connectivity index (χ2v) is 8.94. The fourth-order valence-corrected chi connectivity index (χ4v) is 3.99. The molecule has 7 nitrogen and oxygen atoms in total. The summed E-state index contributed by atoms with van der Waals surface area (Å²) in [5, 5.41) is 12.0. The molecule has 1 heterocycles. The summed E-state index contributed by atoms with van der Waals surface area (Å²) >= 11 is 1.22. The molecule has 1 N–H and O–H groups in total. The van der Waals surface area contributed by atoms with Gasteiger partial charge in [-0.25, -0.2) is 4.39 Å². The zero-order valence-corrected chi connectivity index (χ0v) is 20.0. The number of carbonyl (C=O) groups excluding carboxylic acids is 2. The molecule has 0 saturated heterocycles. The monoisotopic (exact) mass is 469 g/mol. The molecule has 0 aliphatic carbocycles. The Morgan fingerprint density at radius 2 is 1.76 bits per heavy atom. The smallest absolute Gasteiger partial charge is 0.231 e. The molecule has 0 radical (unpaired) electrons. The number of nitrogens with one attached hydrogen (secondary N) is 1. The van der Waals surface area contributed by atoms with Gasteiger partial charge in [-0.3, -0.25) is 19.1 Å². The Kier molecular flexibility index (Phi) is 8.35. The van der Waals surface area contributed by atoms with Crippen LogP contribution < -0.4 is 5.32 Å². The van der Waals surface area contributed by atoms with Gasteiger partial charge in [0.15, 0.2) is 16.8 Å². The highest BCUT2D eigenvalue weighted by Gasteiger charge is 2.23. The van der Waals surface area contributed by atoms with E-state index in [1.807, 2.05) is 60.8 Å². The Labute approximate surface area is 197 Å². The first-order chi connectivity index (χ1) is 15.8. The molecule has 0 spiro atoms. The van der Waals surface area contributed by atoms with Crippen molar-refractivity contribution in [1.29, 1.82) is 0 Å². The average molecular weight is 470 g/mol. The van der Waals surface area contributed by atoms with Crippen LogP contribution in [0.5, 0.6) is 0 Å². The molecule has 1 amide bonds. The summed E-state index contributed by atoms with van der Waals surface area (Å²) in [7, 11) is 3.87. The van der Waals surface area contributed by atoms with E-state index in [-0.39, 0.29) is 29.3 Å². The van der Waals surface area contributed by atoms with Crippen molar-refractivity contribution in [3.05, 3.63) is 71.8 Å². The Hall–Kier alpha value is -3.04. The van der Waals surface area contributed by atoms with Crippen molar-refractivity contribution < 1.29 is 14.0 Å². The summed E-state index contributed by atoms with van der Waals surface area (Å²) in [5.74, 6) is 0.0334. The zero-order chi connectivity index (χ0) is 24.0. The van der Waals surface area contributed by atoms with E-state index in [2.05, 4.69) is 15.5 Å². The second-order valence-electron chi connectivity index (χ2n) is 8.00. The SMILES string of the molecule is CC(=O)C(Cc1ccccc1)NC(=O)CSc1nnc(C(C)N(C)C)n1-c1ccc(F)cc1. The summed E-state index contributed by atoms with van der Waals surface area (Å²) in [6.45, 7) is 3.47. The van der Waals surface area contributed by atoms with Crippen molar-refractivity contribution in [2.75, 3.05) is 19.8 Å². The van der Waals surface area contributed by atoms with Crippen molar-refractivity contribution in [1.82, 2.24) is 25.0 Å². The van der Waals surface area contributed by atoms with Crippen molar-refractivity contribution in [3.8, 4) is 5.69 Å². The molecular formula is C24H28FN5O2S. The first-order valence-corrected chi connectivity index (χ1v) is 11.6. The number of benzene rings is 2. The summed E-state index contributed by atoms with van der Waals surface area (Å²) in [6.07, 6.45) is 0.433. The molecule has 2 unspecified atom stereocenters. The van der Waals surface area contributed by atoms with Gasteiger partial charge in [-0.15, -0.1) is 10.2 Å². The standard InChI is InChI=1S/C24H28FN5O2S/c1-16(29(3)4)23-27-28-24(30(23)20-12-10-19(25)11-13-20)33-15-22(32)26-21(17(2)31)14-18-8-6-5-7-9-18/h5-13,16,21H,14-15H2,1-4H3,(H,26,32). The van der Waals surface area contributed by atoms with Crippen LogP contribution in [0.3, 0.4) is 0 Å². The summed E-state index contributed by atoms with van der Waals surface area (Å²) in [5.41, 5.74) is 1.68. The average Bonchev–Trinajstić information content (AvgIpc) is 3.21. The highest BCUT2D eigenvalue weighted by molar-refractivity contribution is 7.99. The lowest BCUT2D eigenvalue weighted by Gasteiger charge is -2.20. The van der Waals surface area contributed by atoms with Crippen molar-refractivity contribution >= 4 is 23.5 Å². The number of halogens is 1. The highest BCUT2D eigenvalue weighted by Crippen LogP contribution is 2.27. The number of hydrogen-bond acceptors (Lipinski definition) is 6. The van der Waals surface area contributed by atoms with E-state index < -0.39 is 6.04 Å². The number of thioether (sulfide) groups is 1. The molecule has 0 saturated carbocycles. The van der Waals surface area contributed by atoms with E-state index in [1.165, 1.54) is 30.8 Å². The normalized spacial score (nSPS) is 13.0. The van der Waals surface area contributed by atoms with Gasteiger partial charge in [-0.1, -0.05) is 42.1 Å². The minimum Gasteiger partial charge on any atom is -0.345 e. The maximum Gasteiger partial charge on any atom is 0.231 e. The van der Waals surface area contributed by atoms with Crippen LogP contribution in [-0.4, -0.2) is 57.2 Å². The Morgan fingerprint density at radius 1 is 1.09 bits per heavy atom. The lowest BCUT2D eigenvalue weighted by molar-refractivity contribution is -0.125. The molecule has 2 atom stereocenters. The third-order valence-electron chi connectivity index (χ3n) is 5.33. The number of carbonyl (C=O) groups is 2. The van der Waals surface area contributed by atoms with Gasteiger partial charge in [0, 0.05) is 5.69 Å². The fraction of sp³-hybridized carbons (Fsp3) is 0.333. The Balaban J connectivity index is 1.75. The van der Waals surface area contributed by atoms with E-state index >= 15 is 0 Å². The number of nitrogens with zero attached hydrogens (tertiary/aromatic N) is 4. The van der Waals surface area contributed by atoms with Crippen LogP contribution in [0.2, 0.25) is 0 Å². The van der Waals surface area contributed by atoms with E-state index in [0.717, 1.165) is 5.56 Å². The van der Waals surface area contributed by atoms with Gasteiger partial charge in [0.2, 0.25) is 5.91 Å². The maximum atomic E-state index is 13.5. The minimum atomic E-state index is -0.597. The molecule has 2 aromatic carbocycles. The van der Waals surface area contributed by atoms with Gasteiger partial charge in [-0.2, -0.15) is 0 Å². The second kappa shape index (κ2) is 11.2. The predicted octanol–water partition coefficient (Wildman–Crippen LogP) is 3.44. The largest absolute Gasteiger partial charge is 0.345 e. The minimum absolute atomic E-state index is 0.0568. The van der Waals surface area contributed by atoms with E-state index in [0.29, 0.717) is 23.1 Å². The van der Waals surface area contributed by atoms with Crippen LogP contribution in [0.25, 0.3) is 5.69 Å². The summed E-state index contributed by atoms with van der Waals surface area (Å²) in [4.78, 5) is 26.7. The molecule has 33 heavy (non-hydrogen) atoms. The number of Topliss-reactive ketones (excluding diaryl/α,β-unsaturated/α-hetero) is 1. The van der Waals surface area contributed by atoms with Crippen LogP contribution in [0, 0.1) is 5.82 Å². The molecule has 0 aliphatic heterocycles. The molecule has 174 valence electrons. The van der Waals surface area contributed by atoms with Gasteiger partial charge < -0.3 is 5.32 Å². The highest BCUT2D eigenvalue weighted by atomic mass is 32.2. The van der Waals surface area contributed by atoms with Gasteiger partial charge >= 0.3 is 0 Å². The molecular weight excluding hydrogens is 441 g/mol. The number of amides is 1. The van der Waals surface area contributed by atoms with E-state index in [4.69, 9.17) is 0 Å². The fourth-order valence-electron chi connectivity index (χ4n) is 3.22. The summed E-state index contributed by atoms with van der Waals surface area (Å²) < 4.78 is 15.3. The third-order valence-corrected chi connectivity index (χ3v) is 6.26. The van der Waals surface area contributed by atoms with Crippen LogP contribution in [0.1, 0.15) is 31.3 Å². The van der Waals surface area contributed by atoms with E-state index in [1.54, 1.807) is 12.1 Å². The van der Waals surface area contributed by atoms with Gasteiger partial charge in [0.1, 0.15) is 5.82 Å². The quantitative estimate of drug-likeness (QED) is 0.458. The maximum absolute atomic E-state index is 13.5. The van der Waals surface area contributed by atoms with Crippen molar-refractivity contribution in [2.45, 2.75) is 37.5 Å². The van der Waals surface area contributed by atoms with E-state index in [9.17, 15) is 14.0 Å². The first-order valence-electron chi connectivity index (χ1n) is 10.6. The van der Waals surface area contributed by atoms with Crippen LogP contribution in [0.4, 0.5) is 4.39 Å². The summed E-state index contributed by atoms with van der Waals surface area (Å²) in [6, 6.07) is 15.0. The van der Waals surface area contributed by atoms with Crippen LogP contribution >= 0.6 is 11.8 Å². The molecule has 0 aliphatic rings. The molecule has 3 rings (SSSR count). The van der Waals surface area contributed by atoms with Crippen molar-refractivity contribution in [3.63, 3.8) is 0 Å². The van der Waals surface area contributed by atoms with Crippen LogP contribution in [-0.2, 0) is 16.0 Å². The molecule has 1 aromatic heterocycles. The Bertz CT molecular complexity index is 1090. The first kappa shape index (κ1) is 24.6. The molecule has 9 heteroatoms. The van der Waals surface area contributed by atoms with Gasteiger partial charge in [0.25, 0.3) is 0 Å². The number of ketones is 1. The topological polar surface area (TPSA) is 80.1 Å². The van der Waals surface area contributed by atoms with Gasteiger partial charge in [-0.05, 0) is 64.2 Å². The third kappa shape index (κ3) is 6.49. The molecule has 3 aromatic rings. The zero-order valence-electron chi connectivity index (χ0n) is 19.2. The van der Waals surface area contributed by atoms with Gasteiger partial charge in [0.05, 0.1) is 17.8 Å². The molecule has 0 fully saturated rings. The molecule has 0 bridgehead atoms.